The highest BCUT2D eigenvalue weighted by molar-refractivity contribution is 5.38. The van der Waals surface area contributed by atoms with Crippen LogP contribution >= 0.6 is 0 Å². The van der Waals surface area contributed by atoms with Crippen LogP contribution in [-0.4, -0.2) is 7.11 Å². The van der Waals surface area contributed by atoms with Crippen molar-refractivity contribution >= 4 is 0 Å². The number of nitrogens with two attached hydrogens (primary N) is 1. The first kappa shape index (κ1) is 15.4. The largest absolute Gasteiger partial charge is 0.496 e. The molecule has 0 aliphatic heterocycles. The molecule has 0 radical (unpaired) electrons. The van der Waals surface area contributed by atoms with Gasteiger partial charge in [0.1, 0.15) is 18.1 Å². The van der Waals surface area contributed by atoms with E-state index >= 15 is 0 Å². The third-order valence-electron chi connectivity index (χ3n) is 3.53. The first-order chi connectivity index (χ1) is 10.1. The Bertz CT molecular complexity index is 576. The van der Waals surface area contributed by atoms with Gasteiger partial charge in [0, 0.05) is 12.1 Å². The fourth-order valence-electron chi connectivity index (χ4n) is 2.15. The monoisotopic (exact) mass is 285 g/mol. The van der Waals surface area contributed by atoms with Crippen LogP contribution in [0.3, 0.4) is 0 Å². The second-order valence-corrected chi connectivity index (χ2v) is 5.36. The first-order valence-electron chi connectivity index (χ1n) is 7.22. The van der Waals surface area contributed by atoms with E-state index in [4.69, 9.17) is 15.2 Å². The molecule has 0 spiro atoms. The molecule has 0 aromatic heterocycles. The van der Waals surface area contributed by atoms with Crippen LogP contribution in [0.5, 0.6) is 11.5 Å². The molecule has 0 atom stereocenters. The quantitative estimate of drug-likeness (QED) is 0.876. The minimum atomic E-state index is 0.481. The predicted molar refractivity (Wildman–Crippen MR) is 85.7 cm³/mol. The van der Waals surface area contributed by atoms with Gasteiger partial charge in [-0.25, -0.2) is 0 Å². The Kier molecular flexibility index (Phi) is 5.23. The van der Waals surface area contributed by atoms with Crippen molar-refractivity contribution in [3.63, 3.8) is 0 Å². The Hall–Kier alpha value is -2.00. The van der Waals surface area contributed by atoms with Gasteiger partial charge in [0.05, 0.1) is 7.11 Å². The zero-order valence-electron chi connectivity index (χ0n) is 12.9. The van der Waals surface area contributed by atoms with E-state index in [0.717, 1.165) is 22.6 Å². The zero-order valence-corrected chi connectivity index (χ0v) is 12.9. The molecular formula is C18H23NO2. The van der Waals surface area contributed by atoms with Crippen LogP contribution in [-0.2, 0) is 13.2 Å². The summed E-state index contributed by atoms with van der Waals surface area (Å²) in [6.07, 6.45) is 0. The van der Waals surface area contributed by atoms with Gasteiger partial charge >= 0.3 is 0 Å². The van der Waals surface area contributed by atoms with Gasteiger partial charge in [-0.2, -0.15) is 0 Å². The summed E-state index contributed by atoms with van der Waals surface area (Å²) in [6.45, 7) is 5.35. The molecule has 2 N–H and O–H groups in total. The van der Waals surface area contributed by atoms with Crippen molar-refractivity contribution in [1.29, 1.82) is 0 Å². The molecule has 2 aromatic carbocycles. The minimum absolute atomic E-state index is 0.481. The molecule has 0 unspecified atom stereocenters. The summed E-state index contributed by atoms with van der Waals surface area (Å²) in [4.78, 5) is 0. The Morgan fingerprint density at radius 1 is 1.05 bits per heavy atom. The summed E-state index contributed by atoms with van der Waals surface area (Å²) in [6, 6.07) is 14.2. The van der Waals surface area contributed by atoms with Crippen LogP contribution in [0.1, 0.15) is 36.5 Å². The van der Waals surface area contributed by atoms with Crippen molar-refractivity contribution < 1.29 is 9.47 Å². The molecule has 3 heteroatoms. The van der Waals surface area contributed by atoms with E-state index in [1.165, 1.54) is 5.56 Å². The molecule has 0 heterocycles. The lowest BCUT2D eigenvalue weighted by Gasteiger charge is -2.12. The van der Waals surface area contributed by atoms with Crippen LogP contribution < -0.4 is 15.2 Å². The van der Waals surface area contributed by atoms with Gasteiger partial charge in [0.25, 0.3) is 0 Å². The van der Waals surface area contributed by atoms with Gasteiger partial charge in [-0.15, -0.1) is 0 Å². The van der Waals surface area contributed by atoms with Crippen molar-refractivity contribution in [2.75, 3.05) is 7.11 Å². The second-order valence-electron chi connectivity index (χ2n) is 5.36. The lowest BCUT2D eigenvalue weighted by molar-refractivity contribution is 0.296. The van der Waals surface area contributed by atoms with E-state index in [0.29, 0.717) is 19.1 Å². The third kappa shape index (κ3) is 3.99. The molecule has 0 amide bonds. The summed E-state index contributed by atoms with van der Waals surface area (Å²) in [5.41, 5.74) is 9.02. The number of rotatable bonds is 6. The molecule has 2 aromatic rings. The normalized spacial score (nSPS) is 10.7. The molecule has 0 fully saturated rings. The van der Waals surface area contributed by atoms with Crippen LogP contribution in [0.15, 0.2) is 42.5 Å². The summed E-state index contributed by atoms with van der Waals surface area (Å²) in [5, 5.41) is 0. The number of hydrogen-bond donors (Lipinski definition) is 1. The van der Waals surface area contributed by atoms with Crippen molar-refractivity contribution in [3.8, 4) is 11.5 Å². The van der Waals surface area contributed by atoms with Crippen molar-refractivity contribution in [2.24, 2.45) is 5.73 Å². The Balaban J connectivity index is 2.05. The molecular weight excluding hydrogens is 262 g/mol. The van der Waals surface area contributed by atoms with Crippen molar-refractivity contribution in [1.82, 2.24) is 0 Å². The number of methoxy groups -OCH3 is 1. The molecule has 112 valence electrons. The van der Waals surface area contributed by atoms with Gasteiger partial charge in [-0.05, 0) is 35.2 Å². The van der Waals surface area contributed by atoms with E-state index in [2.05, 4.69) is 26.0 Å². The maximum absolute atomic E-state index is 5.83. The number of benzene rings is 2. The average molecular weight is 285 g/mol. The van der Waals surface area contributed by atoms with Crippen LogP contribution in [0.25, 0.3) is 0 Å². The van der Waals surface area contributed by atoms with Crippen LogP contribution in [0.4, 0.5) is 0 Å². The van der Waals surface area contributed by atoms with E-state index in [1.807, 2.05) is 30.3 Å². The fourth-order valence-corrected chi connectivity index (χ4v) is 2.15. The maximum atomic E-state index is 5.83. The van der Waals surface area contributed by atoms with Gasteiger partial charge in [-0.3, -0.25) is 0 Å². The summed E-state index contributed by atoms with van der Waals surface area (Å²) >= 11 is 0. The van der Waals surface area contributed by atoms with Crippen LogP contribution in [0, 0.1) is 0 Å². The molecule has 0 aliphatic carbocycles. The molecule has 0 saturated carbocycles. The molecule has 0 saturated heterocycles. The van der Waals surface area contributed by atoms with Gasteiger partial charge < -0.3 is 15.2 Å². The predicted octanol–water partition coefficient (Wildman–Crippen LogP) is 3.86. The molecule has 3 nitrogen and oxygen atoms in total. The smallest absolute Gasteiger partial charge is 0.125 e. The van der Waals surface area contributed by atoms with E-state index in [1.54, 1.807) is 7.11 Å². The van der Waals surface area contributed by atoms with E-state index in [9.17, 15) is 0 Å². The highest BCUT2D eigenvalue weighted by atomic mass is 16.5. The van der Waals surface area contributed by atoms with Gasteiger partial charge in [0.2, 0.25) is 0 Å². The minimum Gasteiger partial charge on any atom is -0.496 e. The Morgan fingerprint density at radius 3 is 2.33 bits per heavy atom. The standard InChI is InChI=1S/C18H23NO2/c1-13(2)15-6-8-17(9-7-15)21-12-16-5-4-14(11-19)10-18(16)20-3/h4-10,13H,11-12,19H2,1-3H3. The van der Waals surface area contributed by atoms with Crippen molar-refractivity contribution in [2.45, 2.75) is 32.9 Å². The topological polar surface area (TPSA) is 44.5 Å². The average Bonchev–Trinajstić information content (AvgIpc) is 2.53. The van der Waals surface area contributed by atoms with E-state index in [-0.39, 0.29) is 0 Å². The van der Waals surface area contributed by atoms with Gasteiger partial charge in [-0.1, -0.05) is 38.1 Å². The highest BCUT2D eigenvalue weighted by Gasteiger charge is 2.06. The fraction of sp³-hybridized carbons (Fsp3) is 0.333. The number of ether oxygens (including phenoxy) is 2. The Morgan fingerprint density at radius 2 is 1.76 bits per heavy atom. The van der Waals surface area contributed by atoms with Crippen molar-refractivity contribution in [3.05, 3.63) is 59.2 Å². The summed E-state index contributed by atoms with van der Waals surface area (Å²) in [7, 11) is 1.66. The third-order valence-corrected chi connectivity index (χ3v) is 3.53. The van der Waals surface area contributed by atoms with Crippen LogP contribution in [0.2, 0.25) is 0 Å². The summed E-state index contributed by atoms with van der Waals surface area (Å²) in [5.74, 6) is 2.21. The number of hydrogen-bond acceptors (Lipinski definition) is 3. The maximum Gasteiger partial charge on any atom is 0.125 e. The Labute approximate surface area is 126 Å². The lowest BCUT2D eigenvalue weighted by Crippen LogP contribution is -2.02. The molecule has 0 bridgehead atoms. The summed E-state index contributed by atoms with van der Waals surface area (Å²) < 4.78 is 11.2. The highest BCUT2D eigenvalue weighted by Crippen LogP contribution is 2.23. The van der Waals surface area contributed by atoms with E-state index < -0.39 is 0 Å². The zero-order chi connectivity index (χ0) is 15.2. The lowest BCUT2D eigenvalue weighted by atomic mass is 10.0. The first-order valence-corrected chi connectivity index (χ1v) is 7.22. The SMILES string of the molecule is COc1cc(CN)ccc1COc1ccc(C(C)C)cc1. The van der Waals surface area contributed by atoms with Gasteiger partial charge in [0.15, 0.2) is 0 Å². The molecule has 21 heavy (non-hydrogen) atoms. The molecule has 0 aliphatic rings. The molecule has 2 rings (SSSR count). The second kappa shape index (κ2) is 7.14.